The Bertz CT molecular complexity index is 788. The fourth-order valence-electron chi connectivity index (χ4n) is 2.76. The van der Waals surface area contributed by atoms with Gasteiger partial charge in [-0.15, -0.1) is 11.3 Å². The van der Waals surface area contributed by atoms with Crippen molar-refractivity contribution in [2.45, 2.75) is 42.9 Å². The highest BCUT2D eigenvalue weighted by atomic mass is 32.2. The highest BCUT2D eigenvalue weighted by molar-refractivity contribution is 7.99. The molecule has 0 saturated carbocycles. The van der Waals surface area contributed by atoms with E-state index in [-0.39, 0.29) is 22.4 Å². The van der Waals surface area contributed by atoms with Crippen LogP contribution in [-0.4, -0.2) is 22.6 Å². The molecule has 3 rings (SSSR count). The topological polar surface area (TPSA) is 71.1 Å². The lowest BCUT2D eigenvalue weighted by atomic mass is 10.1. The zero-order valence-corrected chi connectivity index (χ0v) is 15.4. The minimum absolute atomic E-state index is 0.0138. The Balaban J connectivity index is 1.64. The van der Waals surface area contributed by atoms with Gasteiger partial charge in [0.05, 0.1) is 10.4 Å². The van der Waals surface area contributed by atoms with Crippen LogP contribution in [-0.2, 0) is 12.8 Å². The molecule has 26 heavy (non-hydrogen) atoms. The number of amides is 2. The van der Waals surface area contributed by atoms with Gasteiger partial charge in [-0.1, -0.05) is 6.42 Å². The van der Waals surface area contributed by atoms with Crippen molar-refractivity contribution >= 4 is 34.9 Å². The summed E-state index contributed by atoms with van der Waals surface area (Å²) in [6.45, 7) is 0. The molecule has 5 nitrogen and oxygen atoms in total. The molecule has 138 valence electrons. The third-order valence-electron chi connectivity index (χ3n) is 3.98. The number of carbonyl (C=O) groups excluding carboxylic acids is 2. The number of carbonyl (C=O) groups is 2. The highest BCUT2D eigenvalue weighted by Crippen LogP contribution is 2.29. The number of aryl methyl sites for hydroxylation is 2. The van der Waals surface area contributed by atoms with Crippen LogP contribution in [0.1, 0.15) is 49.7 Å². The molecule has 2 aromatic rings. The molecule has 1 aliphatic rings. The van der Waals surface area contributed by atoms with Crippen LogP contribution in [0.5, 0.6) is 0 Å². The van der Waals surface area contributed by atoms with Crippen LogP contribution in [0.4, 0.5) is 8.78 Å². The lowest BCUT2D eigenvalue weighted by Crippen LogP contribution is -2.41. The van der Waals surface area contributed by atoms with Crippen molar-refractivity contribution in [2.75, 3.05) is 0 Å². The van der Waals surface area contributed by atoms with Crippen LogP contribution in [0.2, 0.25) is 0 Å². The van der Waals surface area contributed by atoms with Crippen LogP contribution < -0.4 is 10.9 Å². The molecular weight excluding hydrogens is 380 g/mol. The summed E-state index contributed by atoms with van der Waals surface area (Å²) in [5.41, 5.74) is 5.81. The Morgan fingerprint density at radius 3 is 2.73 bits per heavy atom. The first-order valence-corrected chi connectivity index (χ1v) is 9.86. The maximum Gasteiger partial charge on any atom is 0.290 e. The van der Waals surface area contributed by atoms with E-state index in [1.54, 1.807) is 0 Å². The summed E-state index contributed by atoms with van der Waals surface area (Å²) in [5, 5.41) is -0.0860. The summed E-state index contributed by atoms with van der Waals surface area (Å²) in [4.78, 5) is 30.0. The lowest BCUT2D eigenvalue weighted by Gasteiger charge is -2.09. The Morgan fingerprint density at radius 2 is 1.92 bits per heavy atom. The van der Waals surface area contributed by atoms with Crippen molar-refractivity contribution in [1.29, 1.82) is 0 Å². The van der Waals surface area contributed by atoms with E-state index >= 15 is 0 Å². The van der Waals surface area contributed by atoms with Gasteiger partial charge in [0.2, 0.25) is 0 Å². The van der Waals surface area contributed by atoms with Crippen LogP contribution in [0.15, 0.2) is 29.4 Å². The monoisotopic (exact) mass is 397 g/mol. The molecule has 2 aromatic heterocycles. The minimum atomic E-state index is -2.69. The third-order valence-corrected chi connectivity index (χ3v) is 5.94. The first kappa shape index (κ1) is 18.8. The first-order chi connectivity index (χ1) is 12.5. The quantitative estimate of drug-likeness (QED) is 0.468. The fourth-order valence-corrected chi connectivity index (χ4v) is 4.49. The highest BCUT2D eigenvalue weighted by Gasteiger charge is 2.19. The molecule has 0 bridgehead atoms. The van der Waals surface area contributed by atoms with Gasteiger partial charge in [0, 0.05) is 11.1 Å². The normalized spacial score (nSPS) is 13.8. The third kappa shape index (κ3) is 4.59. The van der Waals surface area contributed by atoms with Crippen molar-refractivity contribution in [3.05, 3.63) is 45.3 Å². The van der Waals surface area contributed by atoms with E-state index < -0.39 is 17.6 Å². The van der Waals surface area contributed by atoms with Crippen molar-refractivity contribution in [2.24, 2.45) is 0 Å². The SMILES string of the molecule is O=C(NNC(=O)c1cccnc1SC(F)F)c1cc2c(s1)CCCCC2. The van der Waals surface area contributed by atoms with Gasteiger partial charge in [-0.05, 0) is 61.2 Å². The van der Waals surface area contributed by atoms with Crippen LogP contribution in [0.3, 0.4) is 0 Å². The van der Waals surface area contributed by atoms with Gasteiger partial charge in [0.25, 0.3) is 17.6 Å². The van der Waals surface area contributed by atoms with Gasteiger partial charge in [-0.3, -0.25) is 20.4 Å². The summed E-state index contributed by atoms with van der Waals surface area (Å²) in [6.07, 6.45) is 6.71. The molecule has 2 amide bonds. The van der Waals surface area contributed by atoms with Gasteiger partial charge in [-0.25, -0.2) is 4.98 Å². The Hall–Kier alpha value is -2.00. The van der Waals surface area contributed by atoms with Crippen LogP contribution in [0.25, 0.3) is 0 Å². The number of pyridine rings is 1. The zero-order valence-electron chi connectivity index (χ0n) is 13.8. The number of halogens is 2. The number of nitrogens with zero attached hydrogens (tertiary/aromatic N) is 1. The number of nitrogens with one attached hydrogen (secondary N) is 2. The minimum Gasteiger partial charge on any atom is -0.267 e. The largest absolute Gasteiger partial charge is 0.290 e. The van der Waals surface area contributed by atoms with Gasteiger partial charge >= 0.3 is 0 Å². The number of hydrazine groups is 1. The van der Waals surface area contributed by atoms with E-state index in [2.05, 4.69) is 15.8 Å². The lowest BCUT2D eigenvalue weighted by molar-refractivity contribution is 0.0846. The molecule has 2 heterocycles. The van der Waals surface area contributed by atoms with E-state index in [0.717, 1.165) is 25.7 Å². The fraction of sp³-hybridized carbons (Fsp3) is 0.353. The molecule has 0 atom stereocenters. The summed E-state index contributed by atoms with van der Waals surface area (Å²) in [5.74, 6) is -3.79. The number of rotatable bonds is 4. The van der Waals surface area contributed by atoms with Gasteiger partial charge in [0.15, 0.2) is 0 Å². The molecule has 0 aliphatic heterocycles. The molecular formula is C17H17F2N3O2S2. The maximum absolute atomic E-state index is 12.6. The number of alkyl halides is 2. The van der Waals surface area contributed by atoms with Crippen molar-refractivity contribution in [1.82, 2.24) is 15.8 Å². The molecule has 0 radical (unpaired) electrons. The smallest absolute Gasteiger partial charge is 0.267 e. The number of thioether (sulfide) groups is 1. The van der Waals surface area contributed by atoms with E-state index in [1.165, 1.54) is 46.5 Å². The first-order valence-electron chi connectivity index (χ1n) is 8.16. The zero-order chi connectivity index (χ0) is 18.5. The Labute approximate surface area is 157 Å². The second kappa shape index (κ2) is 8.59. The van der Waals surface area contributed by atoms with Crippen molar-refractivity contribution < 1.29 is 18.4 Å². The Morgan fingerprint density at radius 1 is 1.15 bits per heavy atom. The average molecular weight is 397 g/mol. The molecule has 0 aromatic carbocycles. The summed E-state index contributed by atoms with van der Waals surface area (Å²) < 4.78 is 25.1. The average Bonchev–Trinajstić information content (AvgIpc) is 2.90. The van der Waals surface area contributed by atoms with Crippen molar-refractivity contribution in [3.63, 3.8) is 0 Å². The number of fused-ring (bicyclic) bond motifs is 1. The van der Waals surface area contributed by atoms with Gasteiger partial charge in [0.1, 0.15) is 5.03 Å². The molecule has 9 heteroatoms. The van der Waals surface area contributed by atoms with Crippen LogP contribution in [0, 0.1) is 0 Å². The maximum atomic E-state index is 12.6. The number of aromatic nitrogens is 1. The predicted molar refractivity (Wildman–Crippen MR) is 96.6 cm³/mol. The van der Waals surface area contributed by atoms with Gasteiger partial charge < -0.3 is 0 Å². The summed E-state index contributed by atoms with van der Waals surface area (Å²) >= 11 is 1.63. The molecule has 2 N–H and O–H groups in total. The Kier molecular flexibility index (Phi) is 6.20. The van der Waals surface area contributed by atoms with E-state index in [0.29, 0.717) is 4.88 Å². The van der Waals surface area contributed by atoms with E-state index in [9.17, 15) is 18.4 Å². The van der Waals surface area contributed by atoms with Crippen molar-refractivity contribution in [3.8, 4) is 0 Å². The molecule has 0 fully saturated rings. The summed E-state index contributed by atoms with van der Waals surface area (Å²) in [6, 6.07) is 4.73. The standard InChI is InChI=1S/C17H17F2N3O2S2/c18-17(19)26-16-11(6-4-8-20-16)14(23)21-22-15(24)13-9-10-5-2-1-3-7-12(10)25-13/h4,6,8-9,17H,1-3,5,7H2,(H,21,23)(H,22,24). The summed E-state index contributed by atoms with van der Waals surface area (Å²) in [7, 11) is 0. The number of thiophene rings is 1. The van der Waals surface area contributed by atoms with Crippen LogP contribution >= 0.6 is 23.1 Å². The van der Waals surface area contributed by atoms with E-state index in [1.807, 2.05) is 6.07 Å². The molecule has 0 spiro atoms. The molecule has 0 unspecified atom stereocenters. The second-order valence-corrected chi connectivity index (χ2v) is 7.88. The molecule has 0 saturated heterocycles. The molecule has 1 aliphatic carbocycles. The number of hydrogen-bond acceptors (Lipinski definition) is 5. The number of hydrogen-bond donors (Lipinski definition) is 2. The predicted octanol–water partition coefficient (Wildman–Crippen LogP) is 3.80. The second-order valence-electron chi connectivity index (χ2n) is 5.76. The van der Waals surface area contributed by atoms with E-state index in [4.69, 9.17) is 0 Å². The van der Waals surface area contributed by atoms with Gasteiger partial charge in [-0.2, -0.15) is 8.78 Å².